The van der Waals surface area contributed by atoms with Gasteiger partial charge in [0.25, 0.3) is 5.91 Å². The fourth-order valence-electron chi connectivity index (χ4n) is 1.80. The Bertz CT molecular complexity index is 676. The second-order valence-electron chi connectivity index (χ2n) is 6.03. The number of amides is 2. The fourth-order valence-corrected chi connectivity index (χ4v) is 1.80. The van der Waals surface area contributed by atoms with E-state index in [0.29, 0.717) is 24.3 Å². The van der Waals surface area contributed by atoms with E-state index in [1.54, 1.807) is 45.0 Å². The van der Waals surface area contributed by atoms with Gasteiger partial charge < -0.3 is 10.1 Å². The summed E-state index contributed by atoms with van der Waals surface area (Å²) in [6.07, 6.45) is 0.935. The van der Waals surface area contributed by atoms with Gasteiger partial charge in [0.15, 0.2) is 0 Å². The summed E-state index contributed by atoms with van der Waals surface area (Å²) in [6, 6.07) is 6.53. The second kappa shape index (κ2) is 7.53. The predicted molar refractivity (Wildman–Crippen MR) is 86.4 cm³/mol. The normalized spacial score (nSPS) is 11.0. The van der Waals surface area contributed by atoms with Gasteiger partial charge in [-0.3, -0.25) is 10.1 Å². The maximum atomic E-state index is 12.0. The second-order valence-corrected chi connectivity index (χ2v) is 6.03. The summed E-state index contributed by atoms with van der Waals surface area (Å²) in [4.78, 5) is 23.7. The molecule has 0 aliphatic heterocycles. The summed E-state index contributed by atoms with van der Waals surface area (Å²) in [6.45, 7) is 6.25. The molecule has 0 aliphatic rings. The van der Waals surface area contributed by atoms with E-state index in [9.17, 15) is 9.59 Å². The molecule has 0 saturated heterocycles. The van der Waals surface area contributed by atoms with Gasteiger partial charge >= 0.3 is 6.09 Å². The molecule has 0 spiro atoms. The topological polar surface area (TPSA) is 111 Å². The summed E-state index contributed by atoms with van der Waals surface area (Å²) < 4.78 is 6.68. The maximum Gasteiger partial charge on any atom is 0.412 e. The van der Waals surface area contributed by atoms with Crippen LogP contribution in [0.1, 0.15) is 31.1 Å². The molecule has 0 aliphatic carbocycles. The van der Waals surface area contributed by atoms with Crippen molar-refractivity contribution < 1.29 is 14.3 Å². The van der Waals surface area contributed by atoms with Gasteiger partial charge in [-0.15, -0.1) is 5.10 Å². The van der Waals surface area contributed by atoms with Crippen LogP contribution in [0.5, 0.6) is 0 Å². The van der Waals surface area contributed by atoms with E-state index >= 15 is 0 Å². The minimum atomic E-state index is -0.566. The molecule has 2 N–H and O–H groups in total. The number of carbonyl (C=O) groups excluding carboxylic acids is 2. The lowest BCUT2D eigenvalue weighted by Crippen LogP contribution is -2.28. The number of rotatable bonds is 5. The van der Waals surface area contributed by atoms with Crippen LogP contribution < -0.4 is 10.6 Å². The summed E-state index contributed by atoms with van der Waals surface area (Å²) in [7, 11) is 0. The van der Waals surface area contributed by atoms with Crippen molar-refractivity contribution in [2.75, 3.05) is 11.9 Å². The van der Waals surface area contributed by atoms with Crippen molar-refractivity contribution in [3.8, 4) is 0 Å². The molecule has 0 fully saturated rings. The summed E-state index contributed by atoms with van der Waals surface area (Å²) >= 11 is 0. The summed E-state index contributed by atoms with van der Waals surface area (Å²) in [5.74, 6) is -0.216. The number of ether oxygens (including phenoxy) is 1. The number of aromatic nitrogens is 4. The van der Waals surface area contributed by atoms with E-state index in [1.807, 2.05) is 0 Å². The van der Waals surface area contributed by atoms with Crippen LogP contribution in [0, 0.1) is 0 Å². The van der Waals surface area contributed by atoms with Crippen LogP contribution in [0.3, 0.4) is 0 Å². The van der Waals surface area contributed by atoms with Crippen LogP contribution in [0.25, 0.3) is 0 Å². The monoisotopic (exact) mass is 332 g/mol. The molecule has 0 saturated carbocycles. The molecule has 0 atom stereocenters. The van der Waals surface area contributed by atoms with E-state index in [2.05, 4.69) is 26.2 Å². The minimum absolute atomic E-state index is 0.216. The molecule has 2 rings (SSSR count). The van der Waals surface area contributed by atoms with Gasteiger partial charge in [-0.25, -0.2) is 9.48 Å². The van der Waals surface area contributed by atoms with Crippen LogP contribution in [0.2, 0.25) is 0 Å². The molecule has 9 heteroatoms. The third-order valence-electron chi connectivity index (χ3n) is 2.81. The van der Waals surface area contributed by atoms with E-state index in [-0.39, 0.29) is 5.91 Å². The lowest BCUT2D eigenvalue weighted by molar-refractivity contribution is 0.0635. The third kappa shape index (κ3) is 5.67. The molecule has 1 aromatic heterocycles. The van der Waals surface area contributed by atoms with Crippen LogP contribution >= 0.6 is 0 Å². The molecule has 0 radical (unpaired) electrons. The first-order valence-corrected chi connectivity index (χ1v) is 7.42. The molecule has 24 heavy (non-hydrogen) atoms. The molecule has 9 nitrogen and oxygen atoms in total. The Morgan fingerprint density at radius 3 is 2.50 bits per heavy atom. The first-order chi connectivity index (χ1) is 11.3. The van der Waals surface area contributed by atoms with Gasteiger partial charge in [0.2, 0.25) is 0 Å². The number of anilines is 1. The Labute approximate surface area is 139 Å². The van der Waals surface area contributed by atoms with E-state index in [1.165, 1.54) is 11.0 Å². The molecular weight excluding hydrogens is 312 g/mol. The zero-order valence-electron chi connectivity index (χ0n) is 13.8. The van der Waals surface area contributed by atoms with Crippen LogP contribution in [-0.4, -0.2) is 44.4 Å². The van der Waals surface area contributed by atoms with E-state index in [0.717, 1.165) is 0 Å². The Balaban J connectivity index is 1.82. The smallest absolute Gasteiger partial charge is 0.412 e. The van der Waals surface area contributed by atoms with Crippen LogP contribution in [0.15, 0.2) is 30.6 Å². The molecular formula is C15H20N6O3. The number of nitrogens with one attached hydrogen (secondary N) is 2. The third-order valence-corrected chi connectivity index (χ3v) is 2.81. The Hall–Kier alpha value is -2.97. The molecule has 1 heterocycles. The van der Waals surface area contributed by atoms with Gasteiger partial charge in [0, 0.05) is 17.8 Å². The lowest BCUT2D eigenvalue weighted by Gasteiger charge is -2.19. The van der Waals surface area contributed by atoms with Crippen molar-refractivity contribution in [2.24, 2.45) is 0 Å². The predicted octanol–water partition coefficient (Wildman–Crippen LogP) is 1.45. The first-order valence-electron chi connectivity index (χ1n) is 7.42. The molecule has 128 valence electrons. The number of hydrogen-bond acceptors (Lipinski definition) is 6. The Morgan fingerprint density at radius 2 is 1.92 bits per heavy atom. The lowest BCUT2D eigenvalue weighted by atomic mass is 10.2. The molecule has 2 amide bonds. The fraction of sp³-hybridized carbons (Fsp3) is 0.400. The maximum absolute atomic E-state index is 12.0. The van der Waals surface area contributed by atoms with Gasteiger partial charge in [0.1, 0.15) is 11.9 Å². The zero-order valence-corrected chi connectivity index (χ0v) is 13.8. The highest BCUT2D eigenvalue weighted by atomic mass is 16.6. The number of carbonyl (C=O) groups is 2. The Kier molecular flexibility index (Phi) is 5.46. The van der Waals surface area contributed by atoms with Gasteiger partial charge in [-0.05, 0) is 55.5 Å². The SMILES string of the molecule is CC(C)(C)OC(=O)Nc1ccc(C(=O)NCCn2cnnn2)cc1. The average molecular weight is 332 g/mol. The van der Waals surface area contributed by atoms with Gasteiger partial charge in [-0.2, -0.15) is 0 Å². The first kappa shape index (κ1) is 17.4. The van der Waals surface area contributed by atoms with Gasteiger partial charge in [-0.1, -0.05) is 0 Å². The standard InChI is InChI=1S/C15H20N6O3/c1-15(2,3)24-14(23)18-12-6-4-11(5-7-12)13(22)16-8-9-21-10-17-19-20-21/h4-7,10H,8-9H2,1-3H3,(H,16,22)(H,18,23). The van der Waals surface area contributed by atoms with Crippen molar-refractivity contribution in [1.82, 2.24) is 25.5 Å². The average Bonchev–Trinajstić information content (AvgIpc) is 2.99. The largest absolute Gasteiger partial charge is 0.444 e. The van der Waals surface area contributed by atoms with Crippen LogP contribution in [0.4, 0.5) is 10.5 Å². The molecule has 1 aromatic carbocycles. The van der Waals surface area contributed by atoms with Gasteiger partial charge in [0.05, 0.1) is 6.54 Å². The minimum Gasteiger partial charge on any atom is -0.444 e. The highest BCUT2D eigenvalue weighted by molar-refractivity contribution is 5.95. The number of tetrazole rings is 1. The van der Waals surface area contributed by atoms with Crippen molar-refractivity contribution in [2.45, 2.75) is 32.9 Å². The van der Waals surface area contributed by atoms with Crippen molar-refractivity contribution in [3.63, 3.8) is 0 Å². The molecule has 2 aromatic rings. The molecule has 0 unspecified atom stereocenters. The Morgan fingerprint density at radius 1 is 1.21 bits per heavy atom. The van der Waals surface area contributed by atoms with Crippen molar-refractivity contribution in [3.05, 3.63) is 36.2 Å². The number of hydrogen-bond donors (Lipinski definition) is 2. The summed E-state index contributed by atoms with van der Waals surface area (Å²) in [5, 5.41) is 16.1. The van der Waals surface area contributed by atoms with Crippen molar-refractivity contribution in [1.29, 1.82) is 0 Å². The van der Waals surface area contributed by atoms with E-state index < -0.39 is 11.7 Å². The zero-order chi connectivity index (χ0) is 17.6. The number of nitrogens with zero attached hydrogens (tertiary/aromatic N) is 4. The van der Waals surface area contributed by atoms with E-state index in [4.69, 9.17) is 4.74 Å². The highest BCUT2D eigenvalue weighted by Crippen LogP contribution is 2.13. The summed E-state index contributed by atoms with van der Waals surface area (Å²) in [5.41, 5.74) is 0.472. The highest BCUT2D eigenvalue weighted by Gasteiger charge is 2.16. The quantitative estimate of drug-likeness (QED) is 0.857. The van der Waals surface area contributed by atoms with Crippen LogP contribution in [-0.2, 0) is 11.3 Å². The van der Waals surface area contributed by atoms with Crippen molar-refractivity contribution >= 4 is 17.7 Å². The molecule has 0 bridgehead atoms. The number of benzene rings is 1.